The van der Waals surface area contributed by atoms with E-state index in [2.05, 4.69) is 4.98 Å². The smallest absolute Gasteiger partial charge is 0.198 e. The van der Waals surface area contributed by atoms with Gasteiger partial charge in [-0.15, -0.1) is 0 Å². The molecule has 0 unspecified atom stereocenters. The molecule has 18 heavy (non-hydrogen) atoms. The first-order valence-corrected chi connectivity index (χ1v) is 6.62. The zero-order chi connectivity index (χ0) is 12.5. The summed E-state index contributed by atoms with van der Waals surface area (Å²) in [7, 11) is 0. The second-order valence-electron chi connectivity index (χ2n) is 5.23. The summed E-state index contributed by atoms with van der Waals surface area (Å²) in [6.45, 7) is 0.802. The van der Waals surface area contributed by atoms with Crippen molar-refractivity contribution in [3.05, 3.63) is 24.1 Å². The number of aromatic nitrogens is 1. The van der Waals surface area contributed by atoms with Crippen molar-refractivity contribution < 1.29 is 4.42 Å². The quantitative estimate of drug-likeness (QED) is 0.797. The molecule has 4 nitrogen and oxygen atoms in total. The SMILES string of the molecule is NCC1CCC(c2nc3cc(N)ccc3o2)CC1. The fraction of sp³-hybridized carbons (Fsp3) is 0.500. The molecule has 1 aromatic carbocycles. The lowest BCUT2D eigenvalue weighted by molar-refractivity contribution is 0.301. The van der Waals surface area contributed by atoms with Gasteiger partial charge in [0.1, 0.15) is 5.52 Å². The Morgan fingerprint density at radius 2 is 2.00 bits per heavy atom. The van der Waals surface area contributed by atoms with Gasteiger partial charge in [-0.1, -0.05) is 0 Å². The van der Waals surface area contributed by atoms with E-state index in [9.17, 15) is 0 Å². The Labute approximate surface area is 106 Å². The maximum Gasteiger partial charge on any atom is 0.198 e. The number of hydrogen-bond donors (Lipinski definition) is 2. The molecule has 1 saturated carbocycles. The van der Waals surface area contributed by atoms with E-state index in [4.69, 9.17) is 15.9 Å². The number of anilines is 1. The van der Waals surface area contributed by atoms with Crippen molar-refractivity contribution >= 4 is 16.8 Å². The summed E-state index contributed by atoms with van der Waals surface area (Å²) in [5.41, 5.74) is 13.9. The first-order chi connectivity index (χ1) is 8.76. The van der Waals surface area contributed by atoms with Gasteiger partial charge in [-0.3, -0.25) is 0 Å². The zero-order valence-corrected chi connectivity index (χ0v) is 10.4. The van der Waals surface area contributed by atoms with Crippen LogP contribution in [0.25, 0.3) is 11.1 Å². The van der Waals surface area contributed by atoms with Crippen molar-refractivity contribution in [2.75, 3.05) is 12.3 Å². The van der Waals surface area contributed by atoms with E-state index in [1.165, 1.54) is 12.8 Å². The highest BCUT2D eigenvalue weighted by molar-refractivity contribution is 5.76. The minimum atomic E-state index is 0.446. The summed E-state index contributed by atoms with van der Waals surface area (Å²) in [6, 6.07) is 5.61. The molecule has 0 radical (unpaired) electrons. The largest absolute Gasteiger partial charge is 0.440 e. The molecule has 0 atom stereocenters. The van der Waals surface area contributed by atoms with E-state index in [1.54, 1.807) is 0 Å². The van der Waals surface area contributed by atoms with Crippen LogP contribution >= 0.6 is 0 Å². The Kier molecular flexibility index (Phi) is 2.96. The van der Waals surface area contributed by atoms with Gasteiger partial charge in [-0.25, -0.2) is 4.98 Å². The van der Waals surface area contributed by atoms with Crippen LogP contribution in [0.2, 0.25) is 0 Å². The van der Waals surface area contributed by atoms with Crippen LogP contribution in [-0.4, -0.2) is 11.5 Å². The van der Waals surface area contributed by atoms with Gasteiger partial charge < -0.3 is 15.9 Å². The molecular weight excluding hydrogens is 226 g/mol. The van der Waals surface area contributed by atoms with E-state index in [0.29, 0.717) is 11.8 Å². The molecule has 1 aliphatic carbocycles. The van der Waals surface area contributed by atoms with Crippen LogP contribution in [0.1, 0.15) is 37.5 Å². The Hall–Kier alpha value is -1.55. The van der Waals surface area contributed by atoms with E-state index in [0.717, 1.165) is 42.1 Å². The number of benzene rings is 1. The normalized spacial score (nSPS) is 24.5. The fourth-order valence-corrected chi connectivity index (χ4v) is 2.78. The molecular formula is C14H19N3O. The molecule has 1 aliphatic rings. The standard InChI is InChI=1S/C14H19N3O/c15-8-9-1-3-10(4-2-9)14-17-12-7-11(16)5-6-13(12)18-14/h5-7,9-10H,1-4,8,15-16H2. The molecule has 2 aromatic rings. The molecule has 0 saturated heterocycles. The fourth-order valence-electron chi connectivity index (χ4n) is 2.78. The lowest BCUT2D eigenvalue weighted by Crippen LogP contribution is -2.20. The summed E-state index contributed by atoms with van der Waals surface area (Å²) >= 11 is 0. The first kappa shape index (κ1) is 11.5. The van der Waals surface area contributed by atoms with Gasteiger partial charge in [0.25, 0.3) is 0 Å². The molecule has 1 heterocycles. The van der Waals surface area contributed by atoms with E-state index >= 15 is 0 Å². The van der Waals surface area contributed by atoms with Crippen molar-refractivity contribution in [2.45, 2.75) is 31.6 Å². The Morgan fingerprint density at radius 3 is 2.72 bits per heavy atom. The van der Waals surface area contributed by atoms with Crippen molar-refractivity contribution in [3.63, 3.8) is 0 Å². The van der Waals surface area contributed by atoms with E-state index in [-0.39, 0.29) is 0 Å². The third-order valence-electron chi connectivity index (χ3n) is 3.96. The molecule has 1 fully saturated rings. The van der Waals surface area contributed by atoms with Crippen molar-refractivity contribution in [1.29, 1.82) is 0 Å². The number of nitrogens with two attached hydrogens (primary N) is 2. The van der Waals surface area contributed by atoms with Crippen LogP contribution in [0, 0.1) is 5.92 Å². The molecule has 3 rings (SSSR count). The second kappa shape index (κ2) is 4.61. The molecule has 96 valence electrons. The third-order valence-corrected chi connectivity index (χ3v) is 3.96. The van der Waals surface area contributed by atoms with Crippen LogP contribution in [0.4, 0.5) is 5.69 Å². The number of rotatable bonds is 2. The monoisotopic (exact) mass is 245 g/mol. The summed E-state index contributed by atoms with van der Waals surface area (Å²) < 4.78 is 5.83. The molecule has 4 heteroatoms. The van der Waals surface area contributed by atoms with Crippen LogP contribution in [-0.2, 0) is 0 Å². The lowest BCUT2D eigenvalue weighted by Gasteiger charge is -2.25. The van der Waals surface area contributed by atoms with Crippen LogP contribution in [0.15, 0.2) is 22.6 Å². The number of nitrogen functional groups attached to an aromatic ring is 1. The van der Waals surface area contributed by atoms with Gasteiger partial charge in [-0.2, -0.15) is 0 Å². The van der Waals surface area contributed by atoms with Gasteiger partial charge in [0, 0.05) is 11.6 Å². The minimum Gasteiger partial charge on any atom is -0.440 e. The average Bonchev–Trinajstić information content (AvgIpc) is 2.81. The number of nitrogens with zero attached hydrogens (tertiary/aromatic N) is 1. The molecule has 0 amide bonds. The molecule has 0 spiro atoms. The van der Waals surface area contributed by atoms with Crippen LogP contribution < -0.4 is 11.5 Å². The Morgan fingerprint density at radius 1 is 1.22 bits per heavy atom. The molecule has 0 bridgehead atoms. The third kappa shape index (κ3) is 2.08. The maximum absolute atomic E-state index is 5.83. The Balaban J connectivity index is 1.82. The predicted octanol–water partition coefficient (Wildman–Crippen LogP) is 2.64. The minimum absolute atomic E-state index is 0.446. The molecule has 0 aliphatic heterocycles. The zero-order valence-electron chi connectivity index (χ0n) is 10.4. The number of fused-ring (bicyclic) bond motifs is 1. The van der Waals surface area contributed by atoms with Gasteiger partial charge in [0.05, 0.1) is 0 Å². The molecule has 4 N–H and O–H groups in total. The predicted molar refractivity (Wildman–Crippen MR) is 72.2 cm³/mol. The summed E-state index contributed by atoms with van der Waals surface area (Å²) in [5, 5.41) is 0. The van der Waals surface area contributed by atoms with Gasteiger partial charge >= 0.3 is 0 Å². The van der Waals surface area contributed by atoms with Gasteiger partial charge in [0.15, 0.2) is 11.5 Å². The van der Waals surface area contributed by atoms with Crippen LogP contribution in [0.5, 0.6) is 0 Å². The van der Waals surface area contributed by atoms with Crippen molar-refractivity contribution in [1.82, 2.24) is 4.98 Å². The molecule has 1 aromatic heterocycles. The van der Waals surface area contributed by atoms with Gasteiger partial charge in [0.2, 0.25) is 0 Å². The Bertz CT molecular complexity index is 541. The summed E-state index contributed by atoms with van der Waals surface area (Å²) in [6.07, 6.45) is 4.62. The summed E-state index contributed by atoms with van der Waals surface area (Å²) in [5.74, 6) is 1.99. The number of oxazole rings is 1. The first-order valence-electron chi connectivity index (χ1n) is 6.62. The maximum atomic E-state index is 5.83. The highest BCUT2D eigenvalue weighted by atomic mass is 16.3. The van der Waals surface area contributed by atoms with Crippen molar-refractivity contribution in [3.8, 4) is 0 Å². The topological polar surface area (TPSA) is 78.1 Å². The number of hydrogen-bond acceptors (Lipinski definition) is 4. The highest BCUT2D eigenvalue weighted by Crippen LogP contribution is 2.36. The summed E-state index contributed by atoms with van der Waals surface area (Å²) in [4.78, 5) is 4.57. The second-order valence-corrected chi connectivity index (χ2v) is 5.23. The van der Waals surface area contributed by atoms with Crippen molar-refractivity contribution in [2.24, 2.45) is 11.7 Å². The van der Waals surface area contributed by atoms with Gasteiger partial charge in [-0.05, 0) is 56.3 Å². The lowest BCUT2D eigenvalue weighted by atomic mass is 9.82. The van der Waals surface area contributed by atoms with Crippen LogP contribution in [0.3, 0.4) is 0 Å². The van der Waals surface area contributed by atoms with E-state index in [1.807, 2.05) is 18.2 Å². The van der Waals surface area contributed by atoms with E-state index < -0.39 is 0 Å². The highest BCUT2D eigenvalue weighted by Gasteiger charge is 2.25. The average molecular weight is 245 g/mol.